The first-order chi connectivity index (χ1) is 14.9. The van der Waals surface area contributed by atoms with Gasteiger partial charge in [-0.1, -0.05) is 42.5 Å². The molecule has 1 amide bonds. The normalized spacial score (nSPS) is 30.9. The largest absolute Gasteiger partial charge is 0.346 e. The lowest BCUT2D eigenvalue weighted by atomic mass is 9.51. The summed E-state index contributed by atoms with van der Waals surface area (Å²) in [6, 6.07) is 16.7. The van der Waals surface area contributed by atoms with Crippen LogP contribution in [0.4, 0.5) is 4.39 Å². The molecule has 4 fully saturated rings. The van der Waals surface area contributed by atoms with Crippen molar-refractivity contribution >= 4 is 11.7 Å². The lowest BCUT2D eigenvalue weighted by Gasteiger charge is -2.59. The number of amides is 1. The number of hydrogen-bond acceptors (Lipinski definition) is 3. The highest BCUT2D eigenvalue weighted by molar-refractivity contribution is 5.97. The molecule has 6 rings (SSSR count). The Morgan fingerprint density at radius 3 is 2.23 bits per heavy atom. The molecule has 4 nitrogen and oxygen atoms in total. The Morgan fingerprint density at radius 2 is 1.58 bits per heavy atom. The Kier molecular flexibility index (Phi) is 5.17. The molecule has 2 aromatic rings. The molecule has 162 valence electrons. The highest BCUT2D eigenvalue weighted by atomic mass is 19.1. The van der Waals surface area contributed by atoms with Crippen LogP contribution in [0.1, 0.15) is 64.8 Å². The maximum Gasteiger partial charge on any atom is 0.251 e. The molecule has 5 heteroatoms. The number of alkyl halides is 1. The first-order valence-electron chi connectivity index (χ1n) is 11.3. The van der Waals surface area contributed by atoms with E-state index in [9.17, 15) is 9.59 Å². The zero-order valence-electron chi connectivity index (χ0n) is 17.7. The van der Waals surface area contributed by atoms with Gasteiger partial charge in [-0.25, -0.2) is 4.39 Å². The molecule has 4 bridgehead atoms. The molecular weight excluding hydrogens is 391 g/mol. The smallest absolute Gasteiger partial charge is 0.251 e. The van der Waals surface area contributed by atoms with Gasteiger partial charge in [0.2, 0.25) is 0 Å². The van der Waals surface area contributed by atoms with Gasteiger partial charge in [0.1, 0.15) is 5.67 Å². The fraction of sp³-hybridized carbons (Fsp3) is 0.462. The summed E-state index contributed by atoms with van der Waals surface area (Å²) >= 11 is 0. The van der Waals surface area contributed by atoms with Gasteiger partial charge >= 0.3 is 0 Å². The molecule has 0 aliphatic heterocycles. The number of carbonyl (C=O) groups is 2. The maximum atomic E-state index is 15.1. The minimum Gasteiger partial charge on any atom is -0.346 e. The van der Waals surface area contributed by atoms with E-state index >= 15 is 4.39 Å². The molecule has 0 heterocycles. The number of benzene rings is 2. The van der Waals surface area contributed by atoms with Gasteiger partial charge in [0.25, 0.3) is 5.91 Å². The minimum absolute atomic E-state index is 0.0535. The SMILES string of the molecule is O=C(CNCc1ccc(C(=O)NC23CC4CC(CC(F)(C4)C2)C3)cc1)c1ccccc1. The first-order valence-corrected chi connectivity index (χ1v) is 11.3. The van der Waals surface area contributed by atoms with Gasteiger partial charge in [0, 0.05) is 29.6 Å². The third-order valence-electron chi connectivity index (χ3n) is 7.29. The zero-order chi connectivity index (χ0) is 21.5. The molecule has 31 heavy (non-hydrogen) atoms. The number of hydrogen-bond donors (Lipinski definition) is 2. The van der Waals surface area contributed by atoms with Crippen LogP contribution in [0.5, 0.6) is 0 Å². The van der Waals surface area contributed by atoms with Gasteiger partial charge in [-0.15, -0.1) is 0 Å². The summed E-state index contributed by atoms with van der Waals surface area (Å²) in [5.41, 5.74) is 0.863. The number of ketones is 1. The van der Waals surface area contributed by atoms with Gasteiger partial charge in [-0.3, -0.25) is 9.59 Å². The lowest BCUT2D eigenvalue weighted by molar-refractivity contribution is -0.0937. The van der Waals surface area contributed by atoms with Crippen molar-refractivity contribution in [1.82, 2.24) is 10.6 Å². The second kappa shape index (κ2) is 7.86. The average Bonchev–Trinajstić information content (AvgIpc) is 2.72. The number of rotatable bonds is 7. The van der Waals surface area contributed by atoms with Crippen molar-refractivity contribution in [3.8, 4) is 0 Å². The van der Waals surface area contributed by atoms with E-state index in [4.69, 9.17) is 0 Å². The van der Waals surface area contributed by atoms with Gasteiger partial charge < -0.3 is 10.6 Å². The van der Waals surface area contributed by atoms with Crippen molar-refractivity contribution in [2.75, 3.05) is 6.54 Å². The Balaban J connectivity index is 1.16. The molecule has 0 aromatic heterocycles. The summed E-state index contributed by atoms with van der Waals surface area (Å²) in [6.45, 7) is 0.820. The van der Waals surface area contributed by atoms with Crippen LogP contribution >= 0.6 is 0 Å². The molecule has 0 saturated heterocycles. The molecule has 2 unspecified atom stereocenters. The second-order valence-electron chi connectivity index (χ2n) is 9.94. The molecule has 2 N–H and O–H groups in total. The quantitative estimate of drug-likeness (QED) is 0.651. The summed E-state index contributed by atoms with van der Waals surface area (Å²) in [6.07, 6.45) is 4.77. The monoisotopic (exact) mass is 420 g/mol. The molecule has 4 saturated carbocycles. The van der Waals surface area contributed by atoms with Crippen LogP contribution in [-0.4, -0.2) is 29.4 Å². The Labute approximate surface area is 182 Å². The minimum atomic E-state index is -1.08. The van der Waals surface area contributed by atoms with Crippen molar-refractivity contribution < 1.29 is 14.0 Å². The molecule has 2 atom stereocenters. The van der Waals surface area contributed by atoms with E-state index in [0.29, 0.717) is 48.8 Å². The van der Waals surface area contributed by atoms with E-state index in [-0.39, 0.29) is 23.8 Å². The molecule has 4 aliphatic rings. The van der Waals surface area contributed by atoms with Crippen molar-refractivity contribution in [3.05, 3.63) is 71.3 Å². The average molecular weight is 421 g/mol. The predicted molar refractivity (Wildman–Crippen MR) is 118 cm³/mol. The molecule has 2 aromatic carbocycles. The van der Waals surface area contributed by atoms with Crippen LogP contribution in [0.25, 0.3) is 0 Å². The van der Waals surface area contributed by atoms with Crippen LogP contribution in [-0.2, 0) is 6.54 Å². The van der Waals surface area contributed by atoms with Crippen molar-refractivity contribution in [2.45, 2.75) is 56.3 Å². The summed E-state index contributed by atoms with van der Waals surface area (Å²) in [5.74, 6) is 0.777. The van der Waals surface area contributed by atoms with Gasteiger partial charge in [0.15, 0.2) is 5.78 Å². The number of nitrogens with one attached hydrogen (secondary N) is 2. The highest BCUT2D eigenvalue weighted by Crippen LogP contribution is 2.59. The highest BCUT2D eigenvalue weighted by Gasteiger charge is 2.58. The standard InChI is InChI=1S/C26H29FN2O2/c27-25-11-19-10-20(12-25)14-26(13-19,17-25)29-24(31)22-8-6-18(7-9-22)15-28-16-23(30)21-4-2-1-3-5-21/h1-9,19-20,28H,10-17H2,(H,29,31). The molecule has 0 radical (unpaired) electrons. The Morgan fingerprint density at radius 1 is 0.903 bits per heavy atom. The van der Waals surface area contributed by atoms with Gasteiger partial charge in [-0.05, 0) is 61.6 Å². The van der Waals surface area contributed by atoms with Crippen LogP contribution in [0.15, 0.2) is 54.6 Å². The van der Waals surface area contributed by atoms with Crippen LogP contribution < -0.4 is 10.6 Å². The third-order valence-corrected chi connectivity index (χ3v) is 7.29. The van der Waals surface area contributed by atoms with Crippen LogP contribution in [0.3, 0.4) is 0 Å². The molecular formula is C26H29FN2O2. The van der Waals surface area contributed by atoms with E-state index in [0.717, 1.165) is 24.8 Å². The predicted octanol–water partition coefficient (Wildman–Crippen LogP) is 4.45. The summed E-state index contributed by atoms with van der Waals surface area (Å²) < 4.78 is 15.1. The number of carbonyl (C=O) groups excluding carboxylic acids is 2. The maximum absolute atomic E-state index is 15.1. The van der Waals surface area contributed by atoms with E-state index in [1.807, 2.05) is 54.6 Å². The van der Waals surface area contributed by atoms with Crippen molar-refractivity contribution in [3.63, 3.8) is 0 Å². The van der Waals surface area contributed by atoms with Gasteiger partial charge in [-0.2, -0.15) is 0 Å². The summed E-state index contributed by atoms with van der Waals surface area (Å²) in [4.78, 5) is 25.1. The van der Waals surface area contributed by atoms with E-state index in [1.54, 1.807) is 0 Å². The Bertz CT molecular complexity index is 959. The van der Waals surface area contributed by atoms with Crippen LogP contribution in [0.2, 0.25) is 0 Å². The first kappa shape index (κ1) is 20.4. The van der Waals surface area contributed by atoms with Crippen LogP contribution in [0, 0.1) is 11.8 Å². The summed E-state index contributed by atoms with van der Waals surface area (Å²) in [7, 11) is 0. The van der Waals surface area contributed by atoms with Crippen molar-refractivity contribution in [2.24, 2.45) is 11.8 Å². The third kappa shape index (κ3) is 4.29. The van der Waals surface area contributed by atoms with E-state index in [2.05, 4.69) is 10.6 Å². The molecule has 4 aliphatic carbocycles. The number of halogens is 1. The lowest BCUT2D eigenvalue weighted by Crippen LogP contribution is -2.64. The zero-order valence-corrected chi connectivity index (χ0v) is 17.7. The van der Waals surface area contributed by atoms with E-state index in [1.165, 1.54) is 0 Å². The van der Waals surface area contributed by atoms with Gasteiger partial charge in [0.05, 0.1) is 6.54 Å². The Hall–Kier alpha value is -2.53. The topological polar surface area (TPSA) is 58.2 Å². The fourth-order valence-corrected chi connectivity index (χ4v) is 6.43. The molecule has 0 spiro atoms. The number of Topliss-reactive ketones (excluding diaryl/α,β-unsaturated/α-hetero) is 1. The van der Waals surface area contributed by atoms with E-state index < -0.39 is 5.67 Å². The fourth-order valence-electron chi connectivity index (χ4n) is 6.43. The van der Waals surface area contributed by atoms with Crippen molar-refractivity contribution in [1.29, 1.82) is 0 Å². The second-order valence-corrected chi connectivity index (χ2v) is 9.94. The summed E-state index contributed by atoms with van der Waals surface area (Å²) in [5, 5.41) is 6.39.